The summed E-state index contributed by atoms with van der Waals surface area (Å²) in [5.41, 5.74) is 0.806. The number of hydrogen-bond acceptors (Lipinski definition) is 6. The molecule has 0 aliphatic rings. The third-order valence-corrected chi connectivity index (χ3v) is 2.76. The van der Waals surface area contributed by atoms with Gasteiger partial charge in [-0.3, -0.25) is 14.5 Å². The minimum absolute atomic E-state index is 0.0530. The molecule has 0 N–H and O–H groups in total. The van der Waals surface area contributed by atoms with Crippen LogP contribution in [0.25, 0.3) is 0 Å². The molecule has 0 saturated carbocycles. The largest absolute Gasteiger partial charge is 0.465 e. The highest BCUT2D eigenvalue weighted by Crippen LogP contribution is 2.04. The van der Waals surface area contributed by atoms with Crippen molar-refractivity contribution in [2.45, 2.75) is 13.5 Å². The number of carbonyl (C=O) groups is 3. The third-order valence-electron chi connectivity index (χ3n) is 2.76. The molecule has 0 unspecified atom stereocenters. The molecule has 0 spiro atoms. The van der Waals surface area contributed by atoms with Crippen LogP contribution in [-0.4, -0.2) is 56.2 Å². The van der Waals surface area contributed by atoms with Crippen molar-refractivity contribution in [2.75, 3.05) is 33.4 Å². The molecule has 0 fully saturated rings. The van der Waals surface area contributed by atoms with Crippen LogP contribution in [0.4, 0.5) is 4.79 Å². The number of esters is 1. The summed E-state index contributed by atoms with van der Waals surface area (Å²) in [4.78, 5) is 36.3. The van der Waals surface area contributed by atoms with Gasteiger partial charge in [0.1, 0.15) is 19.8 Å². The van der Waals surface area contributed by atoms with E-state index in [1.54, 1.807) is 19.1 Å². The molecule has 126 valence electrons. The number of carbonyl (C=O) groups excluding carboxylic acids is 3. The third kappa shape index (κ3) is 7.42. The summed E-state index contributed by atoms with van der Waals surface area (Å²) in [6.45, 7) is 1.13. The molecule has 0 bridgehead atoms. The zero-order valence-electron chi connectivity index (χ0n) is 13.3. The molecule has 7 heteroatoms. The molecule has 1 rings (SSSR count). The van der Waals surface area contributed by atoms with E-state index in [0.29, 0.717) is 0 Å². The maximum Gasteiger partial charge on any atom is 0.411 e. The predicted molar refractivity (Wildman–Crippen MR) is 81.7 cm³/mol. The SMILES string of the molecule is CCOC(=O)CN(CC(=O)COC)C(=O)OCc1ccccc1. The lowest BCUT2D eigenvalue weighted by molar-refractivity contribution is -0.144. The quantitative estimate of drug-likeness (QED) is 0.639. The van der Waals surface area contributed by atoms with Crippen molar-refractivity contribution in [3.63, 3.8) is 0 Å². The highest BCUT2D eigenvalue weighted by molar-refractivity contribution is 5.87. The molecule has 0 aromatic heterocycles. The Kier molecular flexibility index (Phi) is 8.38. The Morgan fingerprint density at radius 3 is 2.35 bits per heavy atom. The van der Waals surface area contributed by atoms with Crippen LogP contribution < -0.4 is 0 Å². The van der Waals surface area contributed by atoms with Crippen molar-refractivity contribution >= 4 is 17.8 Å². The Labute approximate surface area is 135 Å². The van der Waals surface area contributed by atoms with Crippen LogP contribution in [0.1, 0.15) is 12.5 Å². The normalized spacial score (nSPS) is 10.0. The molecule has 1 aromatic carbocycles. The Balaban J connectivity index is 2.62. The Morgan fingerprint density at radius 1 is 1.04 bits per heavy atom. The molecule has 7 nitrogen and oxygen atoms in total. The second-order valence-electron chi connectivity index (χ2n) is 4.67. The highest BCUT2D eigenvalue weighted by Gasteiger charge is 2.22. The molecule has 0 atom stereocenters. The van der Waals surface area contributed by atoms with Crippen molar-refractivity contribution < 1.29 is 28.6 Å². The molecule has 0 radical (unpaired) electrons. The molecule has 0 heterocycles. The summed E-state index contributed by atoms with van der Waals surface area (Å²) in [5.74, 6) is -0.942. The molecule has 0 aliphatic heterocycles. The van der Waals surface area contributed by atoms with Gasteiger partial charge in [-0.15, -0.1) is 0 Å². The maximum absolute atomic E-state index is 12.1. The van der Waals surface area contributed by atoms with E-state index in [1.807, 2.05) is 18.2 Å². The fourth-order valence-electron chi connectivity index (χ4n) is 1.78. The van der Waals surface area contributed by atoms with Gasteiger partial charge in [0.15, 0.2) is 5.78 Å². The first-order chi connectivity index (χ1) is 11.1. The number of Topliss-reactive ketones (excluding diaryl/α,β-unsaturated/α-hetero) is 1. The first-order valence-corrected chi connectivity index (χ1v) is 7.18. The van der Waals surface area contributed by atoms with Crippen LogP contribution in [0.3, 0.4) is 0 Å². The fraction of sp³-hybridized carbons (Fsp3) is 0.438. The van der Waals surface area contributed by atoms with Gasteiger partial charge in [0, 0.05) is 7.11 Å². The summed E-state index contributed by atoms with van der Waals surface area (Å²) in [6, 6.07) is 9.10. The van der Waals surface area contributed by atoms with Crippen molar-refractivity contribution in [1.82, 2.24) is 4.90 Å². The number of ketones is 1. The van der Waals surface area contributed by atoms with Gasteiger partial charge in [-0.05, 0) is 12.5 Å². The molecule has 0 saturated heterocycles. The second kappa shape index (κ2) is 10.3. The molecular weight excluding hydrogens is 302 g/mol. The number of nitrogens with zero attached hydrogens (tertiary/aromatic N) is 1. The van der Waals surface area contributed by atoms with Gasteiger partial charge < -0.3 is 14.2 Å². The van der Waals surface area contributed by atoms with Gasteiger partial charge >= 0.3 is 12.1 Å². The van der Waals surface area contributed by atoms with E-state index in [0.717, 1.165) is 10.5 Å². The van der Waals surface area contributed by atoms with Crippen LogP contribution in [0.2, 0.25) is 0 Å². The molecule has 1 aromatic rings. The number of ether oxygens (including phenoxy) is 3. The molecule has 0 aliphatic carbocycles. The lowest BCUT2D eigenvalue weighted by Gasteiger charge is -2.20. The summed E-state index contributed by atoms with van der Waals surface area (Å²) >= 11 is 0. The minimum Gasteiger partial charge on any atom is -0.465 e. The number of hydrogen-bond donors (Lipinski definition) is 0. The van der Waals surface area contributed by atoms with Crippen molar-refractivity contribution in [3.8, 4) is 0 Å². The van der Waals surface area contributed by atoms with Crippen LogP contribution in [0, 0.1) is 0 Å². The Morgan fingerprint density at radius 2 is 1.74 bits per heavy atom. The van der Waals surface area contributed by atoms with Gasteiger partial charge in [-0.25, -0.2) is 4.79 Å². The van der Waals surface area contributed by atoms with Crippen LogP contribution in [0.5, 0.6) is 0 Å². The molecule has 1 amide bonds. The van der Waals surface area contributed by atoms with E-state index in [-0.39, 0.29) is 38.7 Å². The minimum atomic E-state index is -0.758. The van der Waals surface area contributed by atoms with Gasteiger partial charge in [-0.2, -0.15) is 0 Å². The van der Waals surface area contributed by atoms with E-state index in [1.165, 1.54) is 7.11 Å². The first-order valence-electron chi connectivity index (χ1n) is 7.18. The van der Waals surface area contributed by atoms with Crippen LogP contribution >= 0.6 is 0 Å². The summed E-state index contributed by atoms with van der Waals surface area (Å²) in [6.07, 6.45) is -0.758. The topological polar surface area (TPSA) is 82.1 Å². The zero-order chi connectivity index (χ0) is 17.1. The van der Waals surface area contributed by atoms with Crippen LogP contribution in [0.15, 0.2) is 30.3 Å². The number of rotatable bonds is 9. The standard InChI is InChI=1S/C16H21NO6/c1-3-22-15(19)10-17(9-14(18)12-21-2)16(20)23-11-13-7-5-4-6-8-13/h4-8H,3,9-12H2,1-2H3. The van der Waals surface area contributed by atoms with Crippen molar-refractivity contribution in [1.29, 1.82) is 0 Å². The van der Waals surface area contributed by atoms with E-state index in [2.05, 4.69) is 0 Å². The highest BCUT2D eigenvalue weighted by atomic mass is 16.6. The molecule has 23 heavy (non-hydrogen) atoms. The van der Waals surface area contributed by atoms with Gasteiger partial charge in [0.05, 0.1) is 13.2 Å². The molecular formula is C16H21NO6. The van der Waals surface area contributed by atoms with Gasteiger partial charge in [-0.1, -0.05) is 30.3 Å². The number of benzene rings is 1. The first kappa shape index (κ1) is 18.6. The smallest absolute Gasteiger partial charge is 0.411 e. The Bertz CT molecular complexity index is 497. The zero-order valence-corrected chi connectivity index (χ0v) is 13.3. The predicted octanol–water partition coefficient (Wildman–Crippen LogP) is 1.40. The Hall–Kier alpha value is -2.41. The van der Waals surface area contributed by atoms with Crippen molar-refractivity contribution in [3.05, 3.63) is 35.9 Å². The van der Waals surface area contributed by atoms with Gasteiger partial charge in [0.25, 0.3) is 0 Å². The number of amides is 1. The van der Waals surface area contributed by atoms with Gasteiger partial charge in [0.2, 0.25) is 0 Å². The number of methoxy groups -OCH3 is 1. The second-order valence-corrected chi connectivity index (χ2v) is 4.67. The van der Waals surface area contributed by atoms with E-state index in [4.69, 9.17) is 14.2 Å². The average Bonchev–Trinajstić information content (AvgIpc) is 2.53. The average molecular weight is 323 g/mol. The lowest BCUT2D eigenvalue weighted by atomic mass is 10.2. The summed E-state index contributed by atoms with van der Waals surface area (Å²) in [7, 11) is 1.38. The fourth-order valence-corrected chi connectivity index (χ4v) is 1.78. The van der Waals surface area contributed by atoms with E-state index in [9.17, 15) is 14.4 Å². The summed E-state index contributed by atoms with van der Waals surface area (Å²) in [5, 5.41) is 0. The monoisotopic (exact) mass is 323 g/mol. The lowest BCUT2D eigenvalue weighted by Crippen LogP contribution is -2.41. The van der Waals surface area contributed by atoms with Crippen molar-refractivity contribution in [2.24, 2.45) is 0 Å². The maximum atomic E-state index is 12.1. The van der Waals surface area contributed by atoms with E-state index < -0.39 is 12.1 Å². The van der Waals surface area contributed by atoms with Crippen LogP contribution in [-0.2, 0) is 30.4 Å². The van der Waals surface area contributed by atoms with E-state index >= 15 is 0 Å². The summed E-state index contributed by atoms with van der Waals surface area (Å²) < 4.78 is 14.7.